The fraction of sp³-hybridized carbons (Fsp3) is 0.0952. The van der Waals surface area contributed by atoms with Crippen molar-refractivity contribution in [1.29, 1.82) is 0 Å². The minimum atomic E-state index is -3.66. The molecule has 0 unspecified atom stereocenters. The lowest BCUT2D eigenvalue weighted by Gasteiger charge is -2.09. The standard InChI is InChI=1S/C21H18O4S/c1-25-21(22)18(15-26(23,24)19-11-3-2-4-12-19)14-17-10-7-9-16-8-5-6-13-20(16)17/h2-14H,15H2,1H3/b18-14-. The summed E-state index contributed by atoms with van der Waals surface area (Å²) in [6.45, 7) is 0. The predicted octanol–water partition coefficient (Wildman–Crippen LogP) is 3.87. The number of rotatable bonds is 5. The molecule has 5 heteroatoms. The Morgan fingerprint density at radius 3 is 2.31 bits per heavy atom. The summed E-state index contributed by atoms with van der Waals surface area (Å²) >= 11 is 0. The average Bonchev–Trinajstić information content (AvgIpc) is 2.67. The van der Waals surface area contributed by atoms with Gasteiger partial charge in [0.1, 0.15) is 0 Å². The Balaban J connectivity index is 2.06. The summed E-state index contributed by atoms with van der Waals surface area (Å²) < 4.78 is 30.1. The molecule has 0 aliphatic rings. The Labute approximate surface area is 152 Å². The highest BCUT2D eigenvalue weighted by molar-refractivity contribution is 7.91. The first-order valence-electron chi connectivity index (χ1n) is 8.06. The van der Waals surface area contributed by atoms with Gasteiger partial charge in [0.05, 0.1) is 23.3 Å². The Hall–Kier alpha value is -2.92. The van der Waals surface area contributed by atoms with Crippen molar-refractivity contribution in [1.82, 2.24) is 0 Å². The first-order valence-corrected chi connectivity index (χ1v) is 9.71. The third-order valence-electron chi connectivity index (χ3n) is 4.05. The van der Waals surface area contributed by atoms with E-state index in [0.717, 1.165) is 16.3 Å². The molecule has 132 valence electrons. The van der Waals surface area contributed by atoms with Crippen LogP contribution in [0.5, 0.6) is 0 Å². The predicted molar refractivity (Wildman–Crippen MR) is 102 cm³/mol. The van der Waals surface area contributed by atoms with Crippen LogP contribution in [0.3, 0.4) is 0 Å². The smallest absolute Gasteiger partial charge is 0.334 e. The molecule has 0 saturated heterocycles. The molecule has 0 atom stereocenters. The zero-order valence-electron chi connectivity index (χ0n) is 14.3. The number of hydrogen-bond donors (Lipinski definition) is 0. The quantitative estimate of drug-likeness (QED) is 0.508. The molecule has 0 bridgehead atoms. The van der Waals surface area contributed by atoms with Crippen molar-refractivity contribution in [3.05, 3.63) is 83.9 Å². The van der Waals surface area contributed by atoms with Gasteiger partial charge in [-0.3, -0.25) is 0 Å². The van der Waals surface area contributed by atoms with Crippen molar-refractivity contribution in [3.8, 4) is 0 Å². The van der Waals surface area contributed by atoms with Gasteiger partial charge in [-0.15, -0.1) is 0 Å². The Morgan fingerprint density at radius 2 is 1.58 bits per heavy atom. The zero-order valence-corrected chi connectivity index (χ0v) is 15.1. The summed E-state index contributed by atoms with van der Waals surface area (Å²) in [7, 11) is -2.41. The van der Waals surface area contributed by atoms with Crippen molar-refractivity contribution in [2.24, 2.45) is 0 Å². The third-order valence-corrected chi connectivity index (χ3v) is 5.73. The summed E-state index contributed by atoms with van der Waals surface area (Å²) in [4.78, 5) is 12.4. The molecule has 0 heterocycles. The molecule has 0 saturated carbocycles. The van der Waals surface area contributed by atoms with E-state index in [1.807, 2.05) is 42.5 Å². The molecule has 0 N–H and O–H groups in total. The van der Waals surface area contributed by atoms with E-state index in [9.17, 15) is 13.2 Å². The molecular formula is C21H18O4S. The fourth-order valence-electron chi connectivity index (χ4n) is 2.77. The molecule has 0 aromatic heterocycles. The largest absolute Gasteiger partial charge is 0.466 e. The minimum Gasteiger partial charge on any atom is -0.466 e. The van der Waals surface area contributed by atoms with Crippen molar-refractivity contribution in [2.45, 2.75) is 4.90 Å². The van der Waals surface area contributed by atoms with Crippen molar-refractivity contribution < 1.29 is 17.9 Å². The maximum Gasteiger partial charge on any atom is 0.334 e. The lowest BCUT2D eigenvalue weighted by Crippen LogP contribution is -2.16. The molecule has 3 aromatic carbocycles. The van der Waals surface area contributed by atoms with Crippen LogP contribution in [0.25, 0.3) is 16.8 Å². The highest BCUT2D eigenvalue weighted by Crippen LogP contribution is 2.23. The Bertz CT molecular complexity index is 1060. The van der Waals surface area contributed by atoms with Gasteiger partial charge >= 0.3 is 5.97 Å². The number of esters is 1. The fourth-order valence-corrected chi connectivity index (χ4v) is 4.12. The Morgan fingerprint density at radius 1 is 0.923 bits per heavy atom. The van der Waals surface area contributed by atoms with Crippen molar-refractivity contribution >= 4 is 32.7 Å². The molecule has 26 heavy (non-hydrogen) atoms. The van der Waals surface area contributed by atoms with Crippen LogP contribution < -0.4 is 0 Å². The molecule has 0 fully saturated rings. The first kappa shape index (κ1) is 17.9. The summed E-state index contributed by atoms with van der Waals surface area (Å²) in [5.41, 5.74) is 0.861. The van der Waals surface area contributed by atoms with E-state index in [-0.39, 0.29) is 10.5 Å². The van der Waals surface area contributed by atoms with E-state index >= 15 is 0 Å². The molecule has 3 rings (SSSR count). The van der Waals surface area contributed by atoms with Gasteiger partial charge in [-0.2, -0.15) is 0 Å². The van der Waals surface area contributed by atoms with Gasteiger partial charge in [-0.05, 0) is 34.5 Å². The minimum absolute atomic E-state index is 0.0905. The molecule has 0 spiro atoms. The van der Waals surface area contributed by atoms with Crippen molar-refractivity contribution in [3.63, 3.8) is 0 Å². The van der Waals surface area contributed by atoms with Gasteiger partial charge < -0.3 is 4.74 Å². The second-order valence-electron chi connectivity index (χ2n) is 5.80. The average molecular weight is 366 g/mol. The van der Waals surface area contributed by atoms with Gasteiger partial charge in [0.2, 0.25) is 0 Å². The van der Waals surface area contributed by atoms with E-state index in [4.69, 9.17) is 4.74 Å². The lowest BCUT2D eigenvalue weighted by molar-refractivity contribution is -0.135. The van der Waals surface area contributed by atoms with E-state index in [1.54, 1.807) is 24.3 Å². The second kappa shape index (κ2) is 7.54. The molecule has 0 amide bonds. The number of benzene rings is 3. The van der Waals surface area contributed by atoms with Crippen LogP contribution >= 0.6 is 0 Å². The Kier molecular flexibility index (Phi) is 5.19. The highest BCUT2D eigenvalue weighted by atomic mass is 32.2. The van der Waals surface area contributed by atoms with Gasteiger partial charge in [-0.1, -0.05) is 60.7 Å². The lowest BCUT2D eigenvalue weighted by atomic mass is 10.0. The van der Waals surface area contributed by atoms with Crippen LogP contribution in [0.1, 0.15) is 5.56 Å². The maximum atomic E-state index is 12.7. The number of carbonyl (C=O) groups is 1. The van der Waals surface area contributed by atoms with Gasteiger partial charge in [0, 0.05) is 0 Å². The van der Waals surface area contributed by atoms with Gasteiger partial charge in [0.15, 0.2) is 9.84 Å². The van der Waals surface area contributed by atoms with Crippen LogP contribution in [0.4, 0.5) is 0 Å². The van der Waals surface area contributed by atoms with Crippen LogP contribution in [0.2, 0.25) is 0 Å². The van der Waals surface area contributed by atoms with E-state index in [2.05, 4.69) is 0 Å². The summed E-state index contributed by atoms with van der Waals surface area (Å²) in [5.74, 6) is -1.08. The van der Waals surface area contributed by atoms with E-state index in [0.29, 0.717) is 0 Å². The van der Waals surface area contributed by atoms with E-state index in [1.165, 1.54) is 19.2 Å². The maximum absolute atomic E-state index is 12.7. The second-order valence-corrected chi connectivity index (χ2v) is 7.79. The number of carbonyl (C=O) groups excluding carboxylic acids is 1. The van der Waals surface area contributed by atoms with Crippen LogP contribution in [0, 0.1) is 0 Å². The number of ether oxygens (including phenoxy) is 1. The van der Waals surface area contributed by atoms with Crippen LogP contribution in [-0.2, 0) is 19.4 Å². The van der Waals surface area contributed by atoms with Crippen LogP contribution in [0.15, 0.2) is 83.3 Å². The molecule has 4 nitrogen and oxygen atoms in total. The first-order chi connectivity index (χ1) is 12.5. The third kappa shape index (κ3) is 3.83. The van der Waals surface area contributed by atoms with Crippen LogP contribution in [-0.4, -0.2) is 27.2 Å². The number of fused-ring (bicyclic) bond motifs is 1. The molecule has 0 aliphatic carbocycles. The number of sulfone groups is 1. The monoisotopic (exact) mass is 366 g/mol. The summed E-state index contributed by atoms with van der Waals surface area (Å²) in [6, 6.07) is 21.5. The molecular weight excluding hydrogens is 348 g/mol. The van der Waals surface area contributed by atoms with Gasteiger partial charge in [-0.25, -0.2) is 13.2 Å². The molecule has 3 aromatic rings. The van der Waals surface area contributed by atoms with Gasteiger partial charge in [0.25, 0.3) is 0 Å². The number of methoxy groups -OCH3 is 1. The zero-order chi connectivity index (χ0) is 18.6. The number of hydrogen-bond acceptors (Lipinski definition) is 4. The summed E-state index contributed by atoms with van der Waals surface area (Å²) in [6.07, 6.45) is 1.59. The normalized spacial score (nSPS) is 12.1. The highest BCUT2D eigenvalue weighted by Gasteiger charge is 2.21. The molecule has 0 radical (unpaired) electrons. The van der Waals surface area contributed by atoms with E-state index < -0.39 is 21.6 Å². The summed E-state index contributed by atoms with van der Waals surface area (Å²) in [5, 5.41) is 1.95. The SMILES string of the molecule is COC(=O)/C(=C\c1cccc2ccccc12)CS(=O)(=O)c1ccccc1. The topological polar surface area (TPSA) is 60.4 Å². The molecule has 0 aliphatic heterocycles. The van der Waals surface area contributed by atoms with Crippen molar-refractivity contribution in [2.75, 3.05) is 12.9 Å².